The quantitative estimate of drug-likeness (QED) is 0.162. The van der Waals surface area contributed by atoms with Gasteiger partial charge in [0.1, 0.15) is 0 Å². The number of benzene rings is 6. The van der Waals surface area contributed by atoms with E-state index in [-0.39, 0.29) is 28.5 Å². The SMILES string of the molecule is CC(C)(C)c1ccc(N2B3c4cc(C(C)(C)C)ccc4N(c4ccc(C(C)(C)C)cc4)c4cc(C(C)(C)C)cc(c43)-c3c2ccc2sc4ccccc4c32)cc1. The lowest BCUT2D eigenvalue weighted by molar-refractivity contribution is 0.590. The van der Waals surface area contributed by atoms with Crippen molar-refractivity contribution in [3.63, 3.8) is 0 Å². The summed E-state index contributed by atoms with van der Waals surface area (Å²) in [5.74, 6) is 0. The van der Waals surface area contributed by atoms with Crippen molar-refractivity contribution in [1.29, 1.82) is 0 Å². The van der Waals surface area contributed by atoms with Gasteiger partial charge in [0, 0.05) is 54.2 Å². The summed E-state index contributed by atoms with van der Waals surface area (Å²) in [4.78, 5) is 5.26. The zero-order chi connectivity index (χ0) is 39.7. The fourth-order valence-electron chi connectivity index (χ4n) is 8.96. The summed E-state index contributed by atoms with van der Waals surface area (Å²) < 4.78 is 2.67. The molecule has 0 saturated heterocycles. The largest absolute Gasteiger partial charge is 0.376 e. The van der Waals surface area contributed by atoms with Crippen molar-refractivity contribution in [1.82, 2.24) is 0 Å². The van der Waals surface area contributed by atoms with Crippen LogP contribution in [0, 0.1) is 0 Å². The highest BCUT2D eigenvalue weighted by Crippen LogP contribution is 2.52. The topological polar surface area (TPSA) is 6.48 Å². The minimum atomic E-state index is -0.0656. The first-order valence-electron chi connectivity index (χ1n) is 20.4. The molecule has 0 unspecified atom stereocenters. The fourth-order valence-corrected chi connectivity index (χ4v) is 10.1. The summed E-state index contributed by atoms with van der Waals surface area (Å²) in [6.45, 7) is 27.9. The van der Waals surface area contributed by atoms with Gasteiger partial charge in [0.2, 0.25) is 0 Å². The third-order valence-corrected chi connectivity index (χ3v) is 13.4. The van der Waals surface area contributed by atoms with Crippen LogP contribution in [0.5, 0.6) is 0 Å². The van der Waals surface area contributed by atoms with Gasteiger partial charge < -0.3 is 9.71 Å². The second kappa shape index (κ2) is 12.4. The third kappa shape index (κ3) is 5.82. The first-order valence-corrected chi connectivity index (χ1v) is 21.2. The Bertz CT molecular complexity index is 2670. The highest BCUT2D eigenvalue weighted by molar-refractivity contribution is 7.26. The minimum absolute atomic E-state index is 0.0130. The molecule has 0 radical (unpaired) electrons. The molecule has 1 aromatic heterocycles. The molecule has 0 bridgehead atoms. The number of hydrogen-bond donors (Lipinski definition) is 0. The van der Waals surface area contributed by atoms with Crippen molar-refractivity contribution < 1.29 is 0 Å². The molecular weight excluding hydrogens is 695 g/mol. The Hall–Kier alpha value is -4.80. The standard InChI is InChI=1S/C52H55BN2S/c1-49(2,3)32-17-22-36(23-18-32)54-41-26-21-34(51(7,8)9)30-40(41)53-48-39(29-35(31-43(48)54)52(10,11)12)46-42(55(53)37-24-19-33(20-25-37)50(4,5)6)27-28-45-47(46)38-15-13-14-16-44(38)56-45/h13-31H,1-12H3. The van der Waals surface area contributed by atoms with Gasteiger partial charge in [-0.1, -0.05) is 144 Å². The number of fused-ring (bicyclic) bond motifs is 8. The maximum absolute atomic E-state index is 2.68. The summed E-state index contributed by atoms with van der Waals surface area (Å²) in [5.41, 5.74) is 17.1. The van der Waals surface area contributed by atoms with Gasteiger partial charge in [-0.15, -0.1) is 11.3 Å². The van der Waals surface area contributed by atoms with E-state index in [1.165, 1.54) is 92.9 Å². The summed E-state index contributed by atoms with van der Waals surface area (Å²) in [6, 6.07) is 45.0. The zero-order valence-corrected chi connectivity index (χ0v) is 36.2. The Labute approximate surface area is 339 Å². The molecule has 0 fully saturated rings. The Morgan fingerprint density at radius 3 is 1.62 bits per heavy atom. The summed E-state index contributed by atoms with van der Waals surface area (Å²) in [6.07, 6.45) is 0. The van der Waals surface area contributed by atoms with Crippen molar-refractivity contribution in [2.45, 2.75) is 105 Å². The van der Waals surface area contributed by atoms with Crippen LogP contribution >= 0.6 is 11.3 Å². The lowest BCUT2D eigenvalue weighted by atomic mass is 9.43. The molecule has 6 aromatic carbocycles. The molecule has 0 saturated carbocycles. The summed E-state index contributed by atoms with van der Waals surface area (Å²) in [5, 5.41) is 2.70. The normalized spacial score (nSPS) is 14.3. The van der Waals surface area contributed by atoms with Gasteiger partial charge in [-0.3, -0.25) is 0 Å². The summed E-state index contributed by atoms with van der Waals surface area (Å²) in [7, 11) is 0. The van der Waals surface area contributed by atoms with Gasteiger partial charge >= 0.3 is 6.85 Å². The van der Waals surface area contributed by atoms with Gasteiger partial charge in [-0.25, -0.2) is 0 Å². The molecule has 0 spiro atoms. The highest BCUT2D eigenvalue weighted by atomic mass is 32.1. The van der Waals surface area contributed by atoms with Crippen LogP contribution in [0.3, 0.4) is 0 Å². The van der Waals surface area contributed by atoms with E-state index < -0.39 is 0 Å². The zero-order valence-electron chi connectivity index (χ0n) is 35.3. The van der Waals surface area contributed by atoms with Crippen LogP contribution in [-0.2, 0) is 21.7 Å². The van der Waals surface area contributed by atoms with Crippen LogP contribution in [-0.4, -0.2) is 6.85 Å². The smallest absolute Gasteiger partial charge is 0.333 e. The van der Waals surface area contributed by atoms with Gasteiger partial charge in [-0.05, 0) is 115 Å². The Kier molecular flexibility index (Phi) is 8.12. The van der Waals surface area contributed by atoms with E-state index in [4.69, 9.17) is 0 Å². The van der Waals surface area contributed by atoms with E-state index in [0.29, 0.717) is 0 Å². The van der Waals surface area contributed by atoms with Gasteiger partial charge in [0.05, 0.1) is 0 Å². The minimum Gasteiger partial charge on any atom is -0.376 e. The average molecular weight is 751 g/mol. The molecule has 4 heteroatoms. The van der Waals surface area contributed by atoms with E-state index in [0.717, 1.165) is 0 Å². The molecule has 2 nitrogen and oxygen atoms in total. The van der Waals surface area contributed by atoms with Crippen molar-refractivity contribution in [2.24, 2.45) is 0 Å². The predicted octanol–water partition coefficient (Wildman–Crippen LogP) is 14.0. The van der Waals surface area contributed by atoms with Crippen LogP contribution in [0.15, 0.2) is 115 Å². The molecule has 0 atom stereocenters. The molecular formula is C52H55BN2S. The molecule has 2 aliphatic rings. The van der Waals surface area contributed by atoms with Crippen LogP contribution in [0.4, 0.5) is 28.4 Å². The van der Waals surface area contributed by atoms with Crippen molar-refractivity contribution in [3.05, 3.63) is 138 Å². The van der Waals surface area contributed by atoms with Crippen LogP contribution in [0.25, 0.3) is 31.3 Å². The van der Waals surface area contributed by atoms with Gasteiger partial charge in [0.15, 0.2) is 0 Å². The monoisotopic (exact) mass is 750 g/mol. The second-order valence-corrected chi connectivity index (χ2v) is 21.4. The summed E-state index contributed by atoms with van der Waals surface area (Å²) >= 11 is 1.91. The number of anilines is 5. The molecule has 9 rings (SSSR count). The van der Waals surface area contributed by atoms with Gasteiger partial charge in [0.25, 0.3) is 0 Å². The van der Waals surface area contributed by atoms with Crippen molar-refractivity contribution in [3.8, 4) is 11.1 Å². The maximum atomic E-state index is 2.68. The lowest BCUT2D eigenvalue weighted by Gasteiger charge is -2.47. The van der Waals surface area contributed by atoms with E-state index in [1.54, 1.807) is 0 Å². The highest BCUT2D eigenvalue weighted by Gasteiger charge is 2.46. The van der Waals surface area contributed by atoms with Crippen LogP contribution in [0.2, 0.25) is 0 Å². The Balaban J connectivity index is 1.44. The Morgan fingerprint density at radius 1 is 0.464 bits per heavy atom. The van der Waals surface area contributed by atoms with Crippen LogP contribution in [0.1, 0.15) is 105 Å². The van der Waals surface area contributed by atoms with Crippen molar-refractivity contribution >= 4 is 77.7 Å². The van der Waals surface area contributed by atoms with Crippen molar-refractivity contribution in [2.75, 3.05) is 9.71 Å². The Morgan fingerprint density at radius 2 is 1.02 bits per heavy atom. The second-order valence-electron chi connectivity index (χ2n) is 20.4. The molecule has 3 heterocycles. The maximum Gasteiger partial charge on any atom is 0.333 e. The van der Waals surface area contributed by atoms with E-state index in [1.807, 2.05) is 11.3 Å². The molecule has 0 amide bonds. The number of rotatable bonds is 2. The third-order valence-electron chi connectivity index (χ3n) is 12.3. The molecule has 0 N–H and O–H groups in total. The molecule has 7 aromatic rings. The predicted molar refractivity (Wildman–Crippen MR) is 248 cm³/mol. The lowest BCUT2D eigenvalue weighted by Crippen LogP contribution is -2.62. The molecule has 282 valence electrons. The first-order chi connectivity index (χ1) is 26.3. The fraction of sp³-hybridized carbons (Fsp3) is 0.308. The number of hydrogen-bond acceptors (Lipinski definition) is 3. The molecule has 56 heavy (non-hydrogen) atoms. The van der Waals surface area contributed by atoms with E-state index in [9.17, 15) is 0 Å². The molecule has 2 aliphatic heterocycles. The van der Waals surface area contributed by atoms with E-state index >= 15 is 0 Å². The average Bonchev–Trinajstić information content (AvgIpc) is 3.52. The van der Waals surface area contributed by atoms with Gasteiger partial charge in [-0.2, -0.15) is 0 Å². The number of nitrogens with zero attached hydrogens (tertiary/aromatic N) is 2. The van der Waals surface area contributed by atoms with E-state index in [2.05, 4.69) is 208 Å². The van der Waals surface area contributed by atoms with Crippen LogP contribution < -0.4 is 20.6 Å². The molecule has 0 aliphatic carbocycles. The number of thiophene rings is 1. The first kappa shape index (κ1) is 36.8.